The molecule has 0 aliphatic carbocycles. The summed E-state index contributed by atoms with van der Waals surface area (Å²) >= 11 is 0. The Bertz CT molecular complexity index is 1330. The molecule has 35 heavy (non-hydrogen) atoms. The van der Waals surface area contributed by atoms with Crippen molar-refractivity contribution in [1.82, 2.24) is 15.1 Å². The molecule has 0 spiro atoms. The van der Waals surface area contributed by atoms with Crippen LogP contribution < -0.4 is 10.1 Å². The molecule has 1 aromatic heterocycles. The Hall–Kier alpha value is -4.46. The van der Waals surface area contributed by atoms with Gasteiger partial charge < -0.3 is 10.1 Å². The van der Waals surface area contributed by atoms with Gasteiger partial charge in [0.15, 0.2) is 0 Å². The Morgan fingerprint density at radius 2 is 1.63 bits per heavy atom. The van der Waals surface area contributed by atoms with E-state index < -0.39 is 4.92 Å². The summed E-state index contributed by atoms with van der Waals surface area (Å²) in [6, 6.07) is 24.2. The molecule has 178 valence electrons. The number of nitrogens with one attached hydrogen (secondary N) is 1. The van der Waals surface area contributed by atoms with Crippen molar-refractivity contribution in [2.24, 2.45) is 0 Å². The standard InChI is InChI=1S/C27H26N4O4/c1-18-26(31(33)34)19(2)30(29-18)17-20-9-11-23(12-10-20)27(32)28-25(21-7-5-4-6-8-21)22-13-15-24(35-3)16-14-22/h4-16,25H,17H2,1-3H3,(H,28,32). The average molecular weight is 471 g/mol. The molecule has 4 aromatic rings. The highest BCUT2D eigenvalue weighted by molar-refractivity contribution is 5.94. The summed E-state index contributed by atoms with van der Waals surface area (Å²) in [5, 5.41) is 18.7. The molecule has 1 atom stereocenters. The summed E-state index contributed by atoms with van der Waals surface area (Å²) in [5.74, 6) is 0.540. The summed E-state index contributed by atoms with van der Waals surface area (Å²) in [6.07, 6.45) is 0. The molecule has 4 rings (SSSR count). The third-order valence-electron chi connectivity index (χ3n) is 5.93. The van der Waals surface area contributed by atoms with Gasteiger partial charge in [0.05, 0.1) is 24.6 Å². The zero-order valence-electron chi connectivity index (χ0n) is 19.8. The van der Waals surface area contributed by atoms with Gasteiger partial charge in [-0.1, -0.05) is 54.6 Å². The van der Waals surface area contributed by atoms with E-state index in [2.05, 4.69) is 10.4 Å². The molecule has 1 amide bonds. The Labute approximate surface area is 203 Å². The first kappa shape index (κ1) is 23.7. The third-order valence-corrected chi connectivity index (χ3v) is 5.93. The van der Waals surface area contributed by atoms with E-state index in [1.165, 1.54) is 0 Å². The lowest BCUT2D eigenvalue weighted by Crippen LogP contribution is -2.29. The molecule has 0 radical (unpaired) electrons. The van der Waals surface area contributed by atoms with Gasteiger partial charge in [0.25, 0.3) is 5.91 Å². The summed E-state index contributed by atoms with van der Waals surface area (Å²) in [5.41, 5.74) is 4.22. The SMILES string of the molecule is COc1ccc(C(NC(=O)c2ccc(Cn3nc(C)c([N+](=O)[O-])c3C)cc2)c2ccccc2)cc1. The Balaban J connectivity index is 1.53. The van der Waals surface area contributed by atoms with Crippen LogP contribution in [0.2, 0.25) is 0 Å². The number of aromatic nitrogens is 2. The fourth-order valence-electron chi connectivity index (χ4n) is 4.06. The van der Waals surface area contributed by atoms with Gasteiger partial charge in [-0.25, -0.2) is 0 Å². The van der Waals surface area contributed by atoms with Crippen LogP contribution in [0.25, 0.3) is 0 Å². The fraction of sp³-hybridized carbons (Fsp3) is 0.185. The number of methoxy groups -OCH3 is 1. The number of hydrogen-bond acceptors (Lipinski definition) is 5. The number of hydrogen-bond donors (Lipinski definition) is 1. The zero-order chi connectivity index (χ0) is 24.9. The first-order valence-electron chi connectivity index (χ1n) is 11.1. The van der Waals surface area contributed by atoms with E-state index in [0.717, 1.165) is 22.4 Å². The van der Waals surface area contributed by atoms with Crippen LogP contribution >= 0.6 is 0 Å². The molecular weight excluding hydrogens is 444 g/mol. The van der Waals surface area contributed by atoms with Gasteiger partial charge in [0, 0.05) is 5.56 Å². The van der Waals surface area contributed by atoms with Gasteiger partial charge >= 0.3 is 5.69 Å². The van der Waals surface area contributed by atoms with Crippen molar-refractivity contribution < 1.29 is 14.5 Å². The molecule has 0 saturated heterocycles. The maximum absolute atomic E-state index is 13.1. The van der Waals surface area contributed by atoms with E-state index in [-0.39, 0.29) is 17.6 Å². The molecule has 3 aromatic carbocycles. The number of carbonyl (C=O) groups is 1. The quantitative estimate of drug-likeness (QED) is 0.289. The lowest BCUT2D eigenvalue weighted by molar-refractivity contribution is -0.386. The molecule has 0 aliphatic rings. The Morgan fingerprint density at radius 1 is 1.00 bits per heavy atom. The maximum Gasteiger partial charge on any atom is 0.312 e. The first-order valence-corrected chi connectivity index (χ1v) is 11.1. The monoisotopic (exact) mass is 470 g/mol. The minimum atomic E-state index is -0.409. The van der Waals surface area contributed by atoms with Gasteiger partial charge in [0.2, 0.25) is 0 Å². The van der Waals surface area contributed by atoms with Crippen molar-refractivity contribution in [2.45, 2.75) is 26.4 Å². The molecule has 0 fully saturated rings. The minimum Gasteiger partial charge on any atom is -0.497 e. The maximum atomic E-state index is 13.1. The van der Waals surface area contributed by atoms with Crippen molar-refractivity contribution in [3.63, 3.8) is 0 Å². The lowest BCUT2D eigenvalue weighted by Gasteiger charge is -2.20. The summed E-state index contributed by atoms with van der Waals surface area (Å²) in [6.45, 7) is 3.69. The highest BCUT2D eigenvalue weighted by Gasteiger charge is 2.22. The highest BCUT2D eigenvalue weighted by Crippen LogP contribution is 2.25. The summed E-state index contributed by atoms with van der Waals surface area (Å²) in [7, 11) is 1.62. The highest BCUT2D eigenvalue weighted by atomic mass is 16.6. The Kier molecular flexibility index (Phi) is 6.91. The predicted octanol–water partition coefficient (Wildman–Crippen LogP) is 4.98. The molecule has 1 heterocycles. The molecule has 8 nitrogen and oxygen atoms in total. The van der Waals surface area contributed by atoms with Crippen molar-refractivity contribution in [3.05, 3.63) is 123 Å². The second-order valence-electron chi connectivity index (χ2n) is 8.22. The van der Waals surface area contributed by atoms with Crippen LogP contribution in [-0.2, 0) is 6.54 Å². The van der Waals surface area contributed by atoms with Crippen LogP contribution in [0.4, 0.5) is 5.69 Å². The molecule has 0 saturated carbocycles. The molecule has 1 N–H and O–H groups in total. The van der Waals surface area contributed by atoms with Gasteiger partial charge in [0.1, 0.15) is 17.1 Å². The van der Waals surface area contributed by atoms with E-state index in [0.29, 0.717) is 23.5 Å². The average Bonchev–Trinajstić information content (AvgIpc) is 3.16. The second kappa shape index (κ2) is 10.2. The number of amides is 1. The molecule has 0 aliphatic heterocycles. The van der Waals surface area contributed by atoms with Crippen molar-refractivity contribution in [1.29, 1.82) is 0 Å². The van der Waals surface area contributed by atoms with Crippen molar-refractivity contribution >= 4 is 11.6 Å². The lowest BCUT2D eigenvalue weighted by atomic mass is 9.98. The van der Waals surface area contributed by atoms with E-state index in [1.54, 1.807) is 37.8 Å². The molecule has 1 unspecified atom stereocenters. The summed E-state index contributed by atoms with van der Waals surface area (Å²) in [4.78, 5) is 24.0. The van der Waals surface area contributed by atoms with E-state index >= 15 is 0 Å². The van der Waals surface area contributed by atoms with Crippen LogP contribution in [0.5, 0.6) is 5.75 Å². The van der Waals surface area contributed by atoms with E-state index in [1.807, 2.05) is 66.7 Å². The predicted molar refractivity (Wildman–Crippen MR) is 133 cm³/mol. The normalized spacial score (nSPS) is 11.6. The smallest absolute Gasteiger partial charge is 0.312 e. The van der Waals surface area contributed by atoms with Crippen LogP contribution in [0.1, 0.15) is 44.5 Å². The second-order valence-corrected chi connectivity index (χ2v) is 8.22. The number of benzene rings is 3. The first-order chi connectivity index (χ1) is 16.9. The van der Waals surface area contributed by atoms with Gasteiger partial charge in [-0.2, -0.15) is 5.10 Å². The van der Waals surface area contributed by atoms with Crippen LogP contribution in [0.3, 0.4) is 0 Å². The molecule has 0 bridgehead atoms. The number of rotatable bonds is 8. The fourth-order valence-corrected chi connectivity index (χ4v) is 4.06. The van der Waals surface area contributed by atoms with Gasteiger partial charge in [-0.3, -0.25) is 19.6 Å². The summed E-state index contributed by atoms with van der Waals surface area (Å²) < 4.78 is 6.87. The number of aryl methyl sites for hydroxylation is 1. The van der Waals surface area contributed by atoms with Crippen LogP contribution in [-0.4, -0.2) is 27.7 Å². The van der Waals surface area contributed by atoms with Crippen LogP contribution in [0.15, 0.2) is 78.9 Å². The number of nitrogens with zero attached hydrogens (tertiary/aromatic N) is 3. The van der Waals surface area contributed by atoms with Gasteiger partial charge in [-0.15, -0.1) is 0 Å². The third kappa shape index (κ3) is 5.22. The van der Waals surface area contributed by atoms with Crippen LogP contribution in [0, 0.1) is 24.0 Å². The largest absolute Gasteiger partial charge is 0.497 e. The zero-order valence-corrected chi connectivity index (χ0v) is 19.8. The topological polar surface area (TPSA) is 99.3 Å². The number of nitro groups is 1. The number of carbonyl (C=O) groups excluding carboxylic acids is 1. The van der Waals surface area contributed by atoms with Crippen molar-refractivity contribution in [2.75, 3.05) is 7.11 Å². The van der Waals surface area contributed by atoms with Gasteiger partial charge in [-0.05, 0) is 54.8 Å². The number of ether oxygens (including phenoxy) is 1. The molecule has 8 heteroatoms. The molecular formula is C27H26N4O4. The van der Waals surface area contributed by atoms with E-state index in [9.17, 15) is 14.9 Å². The minimum absolute atomic E-state index is 0.0338. The Morgan fingerprint density at radius 3 is 2.20 bits per heavy atom. The van der Waals surface area contributed by atoms with Crippen molar-refractivity contribution in [3.8, 4) is 5.75 Å². The van der Waals surface area contributed by atoms with E-state index in [4.69, 9.17) is 4.74 Å².